The second-order valence-electron chi connectivity index (χ2n) is 9.10. The van der Waals surface area contributed by atoms with E-state index in [-0.39, 0.29) is 25.2 Å². The lowest BCUT2D eigenvalue weighted by Gasteiger charge is -2.15. The van der Waals surface area contributed by atoms with Gasteiger partial charge < -0.3 is 14.6 Å². The maximum Gasteiger partial charge on any atom is 0.306 e. The largest absolute Gasteiger partial charge is 0.462 e. The minimum atomic E-state index is -0.778. The molecule has 206 valence electrons. The van der Waals surface area contributed by atoms with Crippen molar-refractivity contribution < 1.29 is 24.2 Å². The lowest BCUT2D eigenvalue weighted by atomic mass is 10.1. The van der Waals surface area contributed by atoms with Crippen LogP contribution in [-0.4, -0.2) is 36.4 Å². The zero-order valence-corrected chi connectivity index (χ0v) is 23.0. The van der Waals surface area contributed by atoms with Gasteiger partial charge in [-0.15, -0.1) is 0 Å². The van der Waals surface area contributed by atoms with Crippen molar-refractivity contribution in [1.29, 1.82) is 0 Å². The average Bonchev–Trinajstić information content (AvgIpc) is 2.88. The van der Waals surface area contributed by atoms with Crippen molar-refractivity contribution in [3.63, 3.8) is 0 Å². The Labute approximate surface area is 220 Å². The van der Waals surface area contributed by atoms with E-state index in [9.17, 15) is 14.7 Å². The molecular weight excluding hydrogens is 452 g/mol. The number of carbonyl (C=O) groups is 2. The van der Waals surface area contributed by atoms with Crippen LogP contribution in [0.15, 0.2) is 48.6 Å². The molecule has 1 N–H and O–H groups in total. The zero-order chi connectivity index (χ0) is 26.5. The fraction of sp³-hybridized carbons (Fsp3) is 0.677. The second kappa shape index (κ2) is 27.4. The van der Waals surface area contributed by atoms with Gasteiger partial charge in [-0.05, 0) is 51.4 Å². The van der Waals surface area contributed by atoms with E-state index >= 15 is 0 Å². The highest BCUT2D eigenvalue weighted by Gasteiger charge is 2.15. The number of rotatable bonds is 24. The molecule has 1 atom stereocenters. The maximum atomic E-state index is 12.0. The van der Waals surface area contributed by atoms with Crippen LogP contribution in [0, 0.1) is 0 Å². The first-order valence-electron chi connectivity index (χ1n) is 14.2. The van der Waals surface area contributed by atoms with Gasteiger partial charge in [0.2, 0.25) is 0 Å². The highest BCUT2D eigenvalue weighted by Crippen LogP contribution is 2.09. The van der Waals surface area contributed by atoms with Crippen molar-refractivity contribution in [2.75, 3.05) is 13.2 Å². The highest BCUT2D eigenvalue weighted by atomic mass is 16.6. The topological polar surface area (TPSA) is 72.8 Å². The molecule has 1 unspecified atom stereocenters. The summed E-state index contributed by atoms with van der Waals surface area (Å²) in [5.41, 5.74) is 0. The number of unbranched alkanes of at least 4 members (excludes halogenated alkanes) is 8. The van der Waals surface area contributed by atoms with Gasteiger partial charge in [0.25, 0.3) is 0 Å². The second-order valence-corrected chi connectivity index (χ2v) is 9.10. The van der Waals surface area contributed by atoms with E-state index < -0.39 is 6.10 Å². The van der Waals surface area contributed by atoms with Crippen LogP contribution in [0.2, 0.25) is 0 Å². The van der Waals surface area contributed by atoms with Gasteiger partial charge in [-0.1, -0.05) is 101 Å². The molecule has 0 heterocycles. The molecule has 0 aliphatic carbocycles. The number of hydrogen-bond donors (Lipinski definition) is 1. The van der Waals surface area contributed by atoms with Gasteiger partial charge >= 0.3 is 11.9 Å². The molecule has 0 aliphatic rings. The molecular formula is C31H52O5. The Morgan fingerprint density at radius 2 is 1.19 bits per heavy atom. The third-order valence-electron chi connectivity index (χ3n) is 5.64. The van der Waals surface area contributed by atoms with Crippen LogP contribution in [0.3, 0.4) is 0 Å². The van der Waals surface area contributed by atoms with Crippen LogP contribution >= 0.6 is 0 Å². The molecule has 0 spiro atoms. The maximum absolute atomic E-state index is 12.0. The van der Waals surface area contributed by atoms with Crippen molar-refractivity contribution in [3.8, 4) is 0 Å². The predicted molar refractivity (Wildman–Crippen MR) is 150 cm³/mol. The monoisotopic (exact) mass is 504 g/mol. The van der Waals surface area contributed by atoms with Crippen molar-refractivity contribution >= 4 is 11.9 Å². The summed E-state index contributed by atoms with van der Waals surface area (Å²) in [4.78, 5) is 23.8. The smallest absolute Gasteiger partial charge is 0.306 e. The third-order valence-corrected chi connectivity index (χ3v) is 5.64. The van der Waals surface area contributed by atoms with Crippen molar-refractivity contribution in [2.45, 2.75) is 123 Å². The lowest BCUT2D eigenvalue weighted by Crippen LogP contribution is -2.28. The minimum absolute atomic E-state index is 0.0785. The quantitative estimate of drug-likeness (QED) is 0.0820. The molecule has 36 heavy (non-hydrogen) atoms. The molecule has 0 bridgehead atoms. The van der Waals surface area contributed by atoms with Gasteiger partial charge in [0.05, 0.1) is 6.61 Å². The van der Waals surface area contributed by atoms with Gasteiger partial charge in [0.1, 0.15) is 6.61 Å². The van der Waals surface area contributed by atoms with E-state index in [1.54, 1.807) is 0 Å². The van der Waals surface area contributed by atoms with Crippen molar-refractivity contribution in [2.24, 2.45) is 0 Å². The van der Waals surface area contributed by atoms with Crippen molar-refractivity contribution in [1.82, 2.24) is 0 Å². The number of hydrogen-bond acceptors (Lipinski definition) is 5. The molecule has 5 nitrogen and oxygen atoms in total. The Morgan fingerprint density at radius 3 is 1.78 bits per heavy atom. The van der Waals surface area contributed by atoms with E-state index in [1.165, 1.54) is 12.8 Å². The third kappa shape index (κ3) is 25.0. The summed E-state index contributed by atoms with van der Waals surface area (Å²) in [6.07, 6.45) is 31.9. The van der Waals surface area contributed by atoms with E-state index in [4.69, 9.17) is 9.47 Å². The molecule has 0 saturated carbocycles. The number of carbonyl (C=O) groups excluding carboxylic acids is 2. The number of allylic oxidation sites excluding steroid dienone is 8. The van der Waals surface area contributed by atoms with Gasteiger partial charge in [0.15, 0.2) is 6.10 Å². The number of aliphatic hydroxyl groups is 1. The first kappa shape index (κ1) is 33.9. The lowest BCUT2D eigenvalue weighted by molar-refractivity contribution is -0.161. The van der Waals surface area contributed by atoms with Gasteiger partial charge in [0, 0.05) is 12.8 Å². The van der Waals surface area contributed by atoms with E-state index in [1.807, 2.05) is 0 Å². The first-order chi connectivity index (χ1) is 17.6. The summed E-state index contributed by atoms with van der Waals surface area (Å²) < 4.78 is 10.4. The van der Waals surface area contributed by atoms with E-state index in [0.29, 0.717) is 12.8 Å². The Morgan fingerprint density at radius 1 is 0.667 bits per heavy atom. The van der Waals surface area contributed by atoms with Crippen LogP contribution in [0.25, 0.3) is 0 Å². The Bertz CT molecular complexity index is 633. The van der Waals surface area contributed by atoms with Crippen LogP contribution in [0.4, 0.5) is 0 Å². The molecule has 0 fully saturated rings. The summed E-state index contributed by atoms with van der Waals surface area (Å²) >= 11 is 0. The highest BCUT2D eigenvalue weighted by molar-refractivity contribution is 5.70. The van der Waals surface area contributed by atoms with Gasteiger partial charge in [-0.3, -0.25) is 9.59 Å². The molecule has 0 aromatic heterocycles. The van der Waals surface area contributed by atoms with Crippen LogP contribution in [0.1, 0.15) is 117 Å². The molecule has 0 saturated heterocycles. The standard InChI is InChI=1S/C31H52O5/c1-3-5-7-9-10-11-12-13-14-15-16-17-18-19-20-22-24-26-31(34)36-29(27-32)28-35-30(33)25-23-21-8-6-4-2/h5,7,10-11,13-14,16-17,29,32H,3-4,6,8-9,12,15,18-28H2,1-2H3/b7-5-,11-10-,14-13-,17-16-. The first-order valence-corrected chi connectivity index (χ1v) is 14.2. The van der Waals surface area contributed by atoms with E-state index in [0.717, 1.165) is 77.0 Å². The SMILES string of the molecule is CC/C=C\C/C=C\C/C=C\C/C=C\CCCCCCC(=O)OC(CO)COC(=O)CCCCCCC. The Balaban J connectivity index is 3.68. The fourth-order valence-corrected chi connectivity index (χ4v) is 3.48. The normalized spacial score (nSPS) is 12.9. The van der Waals surface area contributed by atoms with Crippen molar-refractivity contribution in [3.05, 3.63) is 48.6 Å². The number of esters is 2. The number of ether oxygens (including phenoxy) is 2. The molecule has 5 heteroatoms. The Hall–Kier alpha value is -2.14. The summed E-state index contributed by atoms with van der Waals surface area (Å²) in [6, 6.07) is 0. The van der Waals surface area contributed by atoms with Gasteiger partial charge in [-0.25, -0.2) is 0 Å². The van der Waals surface area contributed by atoms with Gasteiger partial charge in [-0.2, -0.15) is 0 Å². The molecule has 0 aromatic rings. The summed E-state index contributed by atoms with van der Waals surface area (Å²) in [6.45, 7) is 3.88. The predicted octanol–water partition coefficient (Wildman–Crippen LogP) is 7.94. The average molecular weight is 505 g/mol. The zero-order valence-electron chi connectivity index (χ0n) is 23.0. The number of aliphatic hydroxyl groups excluding tert-OH is 1. The van der Waals surface area contributed by atoms with Crippen LogP contribution in [0.5, 0.6) is 0 Å². The minimum Gasteiger partial charge on any atom is -0.462 e. The molecule has 0 radical (unpaired) electrons. The fourth-order valence-electron chi connectivity index (χ4n) is 3.48. The van der Waals surface area contributed by atoms with Crippen LogP contribution in [-0.2, 0) is 19.1 Å². The summed E-state index contributed by atoms with van der Waals surface area (Å²) in [7, 11) is 0. The molecule has 0 amide bonds. The molecule has 0 aromatic carbocycles. The molecule has 0 rings (SSSR count). The summed E-state index contributed by atoms with van der Waals surface area (Å²) in [5.74, 6) is -0.641. The summed E-state index contributed by atoms with van der Waals surface area (Å²) in [5, 5.41) is 9.40. The van der Waals surface area contributed by atoms with Crippen LogP contribution < -0.4 is 0 Å². The van der Waals surface area contributed by atoms with E-state index in [2.05, 4.69) is 62.5 Å². The molecule has 0 aliphatic heterocycles. The Kier molecular flexibility index (Phi) is 25.8.